The van der Waals surface area contributed by atoms with Gasteiger partial charge in [-0.2, -0.15) is 0 Å². The maximum absolute atomic E-state index is 12.1. The van der Waals surface area contributed by atoms with Gasteiger partial charge < -0.3 is 10.1 Å². The summed E-state index contributed by atoms with van der Waals surface area (Å²) in [7, 11) is 1.67. The van der Waals surface area contributed by atoms with E-state index in [2.05, 4.69) is 5.32 Å². The number of methoxy groups -OCH3 is 1. The van der Waals surface area contributed by atoms with Crippen LogP contribution in [0, 0.1) is 11.8 Å². The lowest BCUT2D eigenvalue weighted by molar-refractivity contribution is -0.122. The number of ether oxygens (including phenoxy) is 1. The van der Waals surface area contributed by atoms with Crippen molar-refractivity contribution >= 4 is 5.91 Å². The Morgan fingerprint density at radius 3 is 2.30 bits per heavy atom. The maximum atomic E-state index is 12.1. The molecule has 0 atom stereocenters. The summed E-state index contributed by atoms with van der Waals surface area (Å²) >= 11 is 0. The molecule has 1 aromatic carbocycles. The SMILES string of the molecule is COc1ccc(CCC(=O)NC(C2CC2)C2CC2)cc1. The molecule has 1 N–H and O–H groups in total. The number of hydrogen-bond donors (Lipinski definition) is 1. The summed E-state index contributed by atoms with van der Waals surface area (Å²) in [5.41, 5.74) is 1.19. The van der Waals surface area contributed by atoms with Gasteiger partial charge in [-0.05, 0) is 61.6 Å². The molecule has 3 heteroatoms. The Balaban J connectivity index is 1.45. The first-order valence-electron chi connectivity index (χ1n) is 7.68. The van der Waals surface area contributed by atoms with Crippen molar-refractivity contribution in [2.24, 2.45) is 11.8 Å². The lowest BCUT2D eigenvalue weighted by Gasteiger charge is -2.17. The second-order valence-corrected chi connectivity index (χ2v) is 6.12. The van der Waals surface area contributed by atoms with Crippen molar-refractivity contribution in [2.75, 3.05) is 7.11 Å². The Morgan fingerprint density at radius 1 is 1.20 bits per heavy atom. The molecule has 2 aliphatic carbocycles. The highest BCUT2D eigenvalue weighted by Crippen LogP contribution is 2.44. The average Bonchev–Trinajstić information content (AvgIpc) is 3.36. The van der Waals surface area contributed by atoms with Crippen LogP contribution in [0.5, 0.6) is 5.75 Å². The van der Waals surface area contributed by atoms with E-state index in [1.54, 1.807) is 7.11 Å². The summed E-state index contributed by atoms with van der Waals surface area (Å²) in [6.45, 7) is 0. The highest BCUT2D eigenvalue weighted by molar-refractivity contribution is 5.76. The number of carbonyl (C=O) groups excluding carboxylic acids is 1. The van der Waals surface area contributed by atoms with Crippen LogP contribution in [-0.2, 0) is 11.2 Å². The van der Waals surface area contributed by atoms with Crippen LogP contribution in [0.2, 0.25) is 0 Å². The van der Waals surface area contributed by atoms with Crippen LogP contribution in [0.15, 0.2) is 24.3 Å². The summed E-state index contributed by atoms with van der Waals surface area (Å²) in [5, 5.41) is 3.27. The number of nitrogens with one attached hydrogen (secondary N) is 1. The van der Waals surface area contributed by atoms with Gasteiger partial charge in [0.15, 0.2) is 0 Å². The topological polar surface area (TPSA) is 38.3 Å². The van der Waals surface area contributed by atoms with E-state index in [1.165, 1.54) is 31.2 Å². The molecule has 0 radical (unpaired) electrons. The molecule has 2 fully saturated rings. The van der Waals surface area contributed by atoms with Gasteiger partial charge >= 0.3 is 0 Å². The van der Waals surface area contributed by atoms with Gasteiger partial charge in [-0.3, -0.25) is 4.79 Å². The van der Waals surface area contributed by atoms with Crippen LogP contribution in [0.25, 0.3) is 0 Å². The number of hydrogen-bond acceptors (Lipinski definition) is 2. The van der Waals surface area contributed by atoms with Crippen LogP contribution in [0.1, 0.15) is 37.7 Å². The molecule has 0 bridgehead atoms. The minimum atomic E-state index is 0.213. The van der Waals surface area contributed by atoms with Crippen molar-refractivity contribution in [2.45, 2.75) is 44.6 Å². The highest BCUT2D eigenvalue weighted by atomic mass is 16.5. The quantitative estimate of drug-likeness (QED) is 0.829. The minimum Gasteiger partial charge on any atom is -0.497 e. The third-order valence-corrected chi connectivity index (χ3v) is 4.39. The molecule has 0 aromatic heterocycles. The zero-order valence-corrected chi connectivity index (χ0v) is 12.1. The summed E-state index contributed by atoms with van der Waals surface area (Å²) in [4.78, 5) is 12.1. The number of benzene rings is 1. The Labute approximate surface area is 120 Å². The molecule has 3 nitrogen and oxygen atoms in total. The van der Waals surface area contributed by atoms with Gasteiger partial charge in [-0.25, -0.2) is 0 Å². The first kappa shape index (κ1) is 13.5. The molecule has 2 saturated carbocycles. The van der Waals surface area contributed by atoms with Gasteiger partial charge in [0.05, 0.1) is 7.11 Å². The van der Waals surface area contributed by atoms with E-state index in [0.717, 1.165) is 24.0 Å². The standard InChI is InChI=1S/C17H23NO2/c1-20-15-9-2-12(3-10-15)4-11-16(19)18-17(13-5-6-13)14-7-8-14/h2-3,9-10,13-14,17H,4-8,11H2,1H3,(H,18,19). The second kappa shape index (κ2) is 5.86. The molecule has 0 aliphatic heterocycles. The molecule has 20 heavy (non-hydrogen) atoms. The first-order chi connectivity index (χ1) is 9.76. The predicted octanol–water partition coefficient (Wildman–Crippen LogP) is 2.93. The fourth-order valence-corrected chi connectivity index (χ4v) is 2.84. The molecular weight excluding hydrogens is 250 g/mol. The van der Waals surface area contributed by atoms with Gasteiger partial charge in [-0.15, -0.1) is 0 Å². The Hall–Kier alpha value is -1.51. The molecule has 0 saturated heterocycles. The molecule has 0 unspecified atom stereocenters. The van der Waals surface area contributed by atoms with E-state index in [9.17, 15) is 4.79 Å². The number of carbonyl (C=O) groups is 1. The largest absolute Gasteiger partial charge is 0.497 e. The number of amides is 1. The van der Waals surface area contributed by atoms with E-state index < -0.39 is 0 Å². The fraction of sp³-hybridized carbons (Fsp3) is 0.588. The third-order valence-electron chi connectivity index (χ3n) is 4.39. The Kier molecular flexibility index (Phi) is 3.95. The summed E-state index contributed by atoms with van der Waals surface area (Å²) in [6, 6.07) is 8.43. The van der Waals surface area contributed by atoms with Crippen molar-refractivity contribution in [1.29, 1.82) is 0 Å². The summed E-state index contributed by atoms with van der Waals surface area (Å²) < 4.78 is 5.13. The smallest absolute Gasteiger partial charge is 0.220 e. The lowest BCUT2D eigenvalue weighted by atomic mass is 10.1. The molecule has 1 aromatic rings. The van der Waals surface area contributed by atoms with Gasteiger partial charge in [-0.1, -0.05) is 12.1 Å². The first-order valence-corrected chi connectivity index (χ1v) is 7.68. The zero-order valence-electron chi connectivity index (χ0n) is 12.1. The molecular formula is C17H23NO2. The fourth-order valence-electron chi connectivity index (χ4n) is 2.84. The number of aryl methyl sites for hydroxylation is 1. The second-order valence-electron chi connectivity index (χ2n) is 6.12. The number of rotatable bonds is 7. The Bertz CT molecular complexity index is 448. The molecule has 1 amide bonds. The van der Waals surface area contributed by atoms with Crippen LogP contribution in [-0.4, -0.2) is 19.1 Å². The molecule has 0 spiro atoms. The van der Waals surface area contributed by atoms with Crippen LogP contribution < -0.4 is 10.1 Å². The summed E-state index contributed by atoms with van der Waals surface area (Å²) in [6.07, 6.45) is 6.61. The summed E-state index contributed by atoms with van der Waals surface area (Å²) in [5.74, 6) is 2.62. The van der Waals surface area contributed by atoms with E-state index in [0.29, 0.717) is 12.5 Å². The predicted molar refractivity (Wildman–Crippen MR) is 78.7 cm³/mol. The van der Waals surface area contributed by atoms with Crippen molar-refractivity contribution in [3.8, 4) is 5.75 Å². The van der Waals surface area contributed by atoms with Crippen molar-refractivity contribution in [1.82, 2.24) is 5.32 Å². The van der Waals surface area contributed by atoms with E-state index >= 15 is 0 Å². The van der Waals surface area contributed by atoms with Crippen molar-refractivity contribution in [3.63, 3.8) is 0 Å². The molecule has 0 heterocycles. The monoisotopic (exact) mass is 273 g/mol. The van der Waals surface area contributed by atoms with E-state index in [-0.39, 0.29) is 5.91 Å². The molecule has 3 rings (SSSR count). The van der Waals surface area contributed by atoms with Crippen molar-refractivity contribution in [3.05, 3.63) is 29.8 Å². The van der Waals surface area contributed by atoms with E-state index in [1.807, 2.05) is 24.3 Å². The lowest BCUT2D eigenvalue weighted by Crippen LogP contribution is -2.38. The maximum Gasteiger partial charge on any atom is 0.220 e. The van der Waals surface area contributed by atoms with Gasteiger partial charge in [0.2, 0.25) is 5.91 Å². The van der Waals surface area contributed by atoms with Gasteiger partial charge in [0.25, 0.3) is 0 Å². The third kappa shape index (κ3) is 3.53. The minimum absolute atomic E-state index is 0.213. The average molecular weight is 273 g/mol. The normalized spacial score (nSPS) is 18.1. The zero-order chi connectivity index (χ0) is 13.9. The van der Waals surface area contributed by atoms with Crippen molar-refractivity contribution < 1.29 is 9.53 Å². The van der Waals surface area contributed by atoms with Gasteiger partial charge in [0.1, 0.15) is 5.75 Å². The Morgan fingerprint density at radius 2 is 1.80 bits per heavy atom. The molecule has 108 valence electrons. The van der Waals surface area contributed by atoms with Crippen LogP contribution in [0.4, 0.5) is 0 Å². The highest BCUT2D eigenvalue weighted by Gasteiger charge is 2.41. The van der Waals surface area contributed by atoms with Crippen LogP contribution >= 0.6 is 0 Å². The van der Waals surface area contributed by atoms with E-state index in [4.69, 9.17) is 4.74 Å². The van der Waals surface area contributed by atoms with Gasteiger partial charge in [0, 0.05) is 12.5 Å². The van der Waals surface area contributed by atoms with Crippen LogP contribution in [0.3, 0.4) is 0 Å². The molecule has 2 aliphatic rings.